The second-order valence-electron chi connectivity index (χ2n) is 9.19. The van der Waals surface area contributed by atoms with Crippen LogP contribution in [0, 0.1) is 5.82 Å². The van der Waals surface area contributed by atoms with Gasteiger partial charge < -0.3 is 23.9 Å². The van der Waals surface area contributed by atoms with Crippen molar-refractivity contribution in [2.24, 2.45) is 0 Å². The minimum absolute atomic E-state index is 0.0167. The first-order chi connectivity index (χ1) is 17.4. The van der Waals surface area contributed by atoms with Crippen molar-refractivity contribution >= 4 is 17.2 Å². The van der Waals surface area contributed by atoms with Crippen molar-refractivity contribution in [1.82, 2.24) is 9.80 Å². The number of aliphatic hydroxyl groups is 1. The van der Waals surface area contributed by atoms with Crippen LogP contribution in [0.4, 0.5) is 4.39 Å². The van der Waals surface area contributed by atoms with Gasteiger partial charge in [-0.2, -0.15) is 0 Å². The highest BCUT2D eigenvalue weighted by Crippen LogP contribution is 2.34. The van der Waals surface area contributed by atoms with E-state index in [-0.39, 0.29) is 50.2 Å². The molecule has 0 saturated heterocycles. The van der Waals surface area contributed by atoms with Crippen molar-refractivity contribution in [1.29, 1.82) is 0 Å². The van der Waals surface area contributed by atoms with Crippen molar-refractivity contribution in [3.63, 3.8) is 0 Å². The molecule has 1 N–H and O–H groups in total. The second kappa shape index (κ2) is 12.5. The highest BCUT2D eigenvalue weighted by molar-refractivity contribution is 7.10. The third kappa shape index (κ3) is 6.94. The summed E-state index contributed by atoms with van der Waals surface area (Å²) in [5.74, 6) is 0.925. The fourth-order valence-corrected chi connectivity index (χ4v) is 5.24. The summed E-state index contributed by atoms with van der Waals surface area (Å²) in [5, 5.41) is 12.6. The van der Waals surface area contributed by atoms with E-state index in [0.717, 1.165) is 12.0 Å². The van der Waals surface area contributed by atoms with Gasteiger partial charge in [0.2, 0.25) is 5.91 Å². The molecule has 0 saturated carbocycles. The van der Waals surface area contributed by atoms with E-state index in [1.165, 1.54) is 17.0 Å². The van der Waals surface area contributed by atoms with Crippen LogP contribution in [-0.2, 0) is 22.6 Å². The third-order valence-electron chi connectivity index (χ3n) is 6.29. The average molecular weight is 517 g/mol. The Balaban J connectivity index is 1.37. The molecule has 1 aromatic carbocycles. The largest absolute Gasteiger partial charge is 0.491 e. The van der Waals surface area contributed by atoms with Crippen LogP contribution in [0.15, 0.2) is 58.5 Å². The summed E-state index contributed by atoms with van der Waals surface area (Å²) >= 11 is 1.69. The highest BCUT2D eigenvalue weighted by atomic mass is 32.1. The Bertz CT molecular complexity index is 1090. The van der Waals surface area contributed by atoms with E-state index >= 15 is 0 Å². The van der Waals surface area contributed by atoms with Gasteiger partial charge in [0.1, 0.15) is 30.5 Å². The molecular formula is C27H33FN2O5S. The van der Waals surface area contributed by atoms with E-state index in [2.05, 4.69) is 6.07 Å². The molecule has 194 valence electrons. The standard InChI is InChI=1S/C27H33FN2O5S/c1-19(2)29(14-21(31)16-33-17-23-4-3-12-34-23)15-27(32)30-11-9-26-24(10-13-36-26)25(30)18-35-22-7-5-20(28)6-8-22/h3-8,10,12-13,19,21,25,31H,9,11,14-18H2,1-2H3. The van der Waals surface area contributed by atoms with E-state index in [4.69, 9.17) is 13.9 Å². The number of halogens is 1. The van der Waals surface area contributed by atoms with Gasteiger partial charge in [0, 0.05) is 24.0 Å². The van der Waals surface area contributed by atoms with Crippen molar-refractivity contribution in [3.8, 4) is 5.75 Å². The number of aliphatic hydroxyl groups excluding tert-OH is 1. The van der Waals surface area contributed by atoms with Gasteiger partial charge in [-0.3, -0.25) is 9.69 Å². The number of rotatable bonds is 12. The summed E-state index contributed by atoms with van der Waals surface area (Å²) in [6.45, 7) is 5.83. The Labute approximate surface area is 215 Å². The first kappa shape index (κ1) is 26.3. The van der Waals surface area contributed by atoms with Gasteiger partial charge in [-0.25, -0.2) is 4.39 Å². The van der Waals surface area contributed by atoms with E-state index < -0.39 is 6.10 Å². The van der Waals surface area contributed by atoms with Crippen LogP contribution in [-0.4, -0.2) is 65.8 Å². The maximum atomic E-state index is 13.5. The van der Waals surface area contributed by atoms with Crippen molar-refractivity contribution in [2.45, 2.75) is 45.1 Å². The fraction of sp³-hybridized carbons (Fsp3) is 0.444. The SMILES string of the molecule is CC(C)N(CC(=O)N1CCc2sccc2C1COc1ccc(F)cc1)CC(O)COCc1ccco1. The Morgan fingerprint density at radius 3 is 2.81 bits per heavy atom. The Kier molecular flexibility index (Phi) is 9.14. The number of carbonyl (C=O) groups excluding carboxylic acids is 1. The van der Waals surface area contributed by atoms with Crippen LogP contribution in [0.5, 0.6) is 5.75 Å². The lowest BCUT2D eigenvalue weighted by molar-refractivity contribution is -0.137. The van der Waals surface area contributed by atoms with E-state index in [1.54, 1.807) is 35.8 Å². The van der Waals surface area contributed by atoms with E-state index in [0.29, 0.717) is 24.6 Å². The molecule has 2 unspecified atom stereocenters. The number of thiophene rings is 1. The molecule has 9 heteroatoms. The zero-order valence-corrected chi connectivity index (χ0v) is 21.5. The van der Waals surface area contributed by atoms with Crippen LogP contribution in [0.1, 0.15) is 36.1 Å². The molecule has 1 amide bonds. The normalized spacial score (nSPS) is 16.4. The highest BCUT2D eigenvalue weighted by Gasteiger charge is 2.33. The predicted molar refractivity (Wildman–Crippen MR) is 135 cm³/mol. The smallest absolute Gasteiger partial charge is 0.237 e. The summed E-state index contributed by atoms with van der Waals surface area (Å²) in [7, 11) is 0. The number of benzene rings is 1. The quantitative estimate of drug-likeness (QED) is 0.388. The monoisotopic (exact) mass is 516 g/mol. The van der Waals surface area contributed by atoms with Crippen LogP contribution < -0.4 is 4.74 Å². The van der Waals surface area contributed by atoms with E-state index in [1.807, 2.05) is 35.1 Å². The lowest BCUT2D eigenvalue weighted by Gasteiger charge is -2.38. The molecule has 0 fully saturated rings. The molecule has 1 aliphatic rings. The molecule has 1 aliphatic heterocycles. The fourth-order valence-electron chi connectivity index (χ4n) is 4.32. The van der Waals surface area contributed by atoms with Gasteiger partial charge >= 0.3 is 0 Å². The number of nitrogens with zero attached hydrogens (tertiary/aromatic N) is 2. The van der Waals surface area contributed by atoms with Crippen molar-refractivity contribution < 1.29 is 28.2 Å². The molecule has 36 heavy (non-hydrogen) atoms. The van der Waals surface area contributed by atoms with Crippen LogP contribution in [0.3, 0.4) is 0 Å². The van der Waals surface area contributed by atoms with Crippen molar-refractivity contribution in [2.75, 3.05) is 32.8 Å². The third-order valence-corrected chi connectivity index (χ3v) is 7.28. The van der Waals surface area contributed by atoms with Gasteiger partial charge in [-0.1, -0.05) is 0 Å². The van der Waals surface area contributed by atoms with Crippen LogP contribution >= 0.6 is 11.3 Å². The maximum absolute atomic E-state index is 13.5. The van der Waals surface area contributed by atoms with Crippen LogP contribution in [0.2, 0.25) is 0 Å². The van der Waals surface area contributed by atoms with Gasteiger partial charge in [-0.15, -0.1) is 11.3 Å². The number of amides is 1. The summed E-state index contributed by atoms with van der Waals surface area (Å²) in [6.07, 6.45) is 1.65. The number of furan rings is 1. The molecule has 0 radical (unpaired) electrons. The zero-order chi connectivity index (χ0) is 25.5. The predicted octanol–water partition coefficient (Wildman–Crippen LogP) is 4.27. The summed E-state index contributed by atoms with van der Waals surface area (Å²) in [4.78, 5) is 18.6. The Morgan fingerprint density at radius 2 is 2.08 bits per heavy atom. The van der Waals surface area contributed by atoms with Crippen LogP contribution in [0.25, 0.3) is 0 Å². The molecule has 2 aromatic heterocycles. The van der Waals surface area contributed by atoms with E-state index in [9.17, 15) is 14.3 Å². The molecular weight excluding hydrogens is 483 g/mol. The van der Waals surface area contributed by atoms with Gasteiger partial charge in [0.15, 0.2) is 0 Å². The number of hydrogen-bond donors (Lipinski definition) is 1. The maximum Gasteiger partial charge on any atom is 0.237 e. The minimum atomic E-state index is -0.738. The molecule has 2 atom stereocenters. The topological polar surface area (TPSA) is 75.4 Å². The molecule has 0 aliphatic carbocycles. The minimum Gasteiger partial charge on any atom is -0.491 e. The van der Waals surface area contributed by atoms with Crippen molar-refractivity contribution in [3.05, 3.63) is 76.1 Å². The molecule has 3 aromatic rings. The van der Waals surface area contributed by atoms with Gasteiger partial charge in [0.05, 0.1) is 31.6 Å². The summed E-state index contributed by atoms with van der Waals surface area (Å²) in [5.41, 5.74) is 1.10. The molecule has 0 spiro atoms. The number of ether oxygens (including phenoxy) is 2. The zero-order valence-electron chi connectivity index (χ0n) is 20.6. The molecule has 7 nitrogen and oxygen atoms in total. The lowest BCUT2D eigenvalue weighted by Crippen LogP contribution is -2.49. The van der Waals surface area contributed by atoms with Gasteiger partial charge in [0.25, 0.3) is 0 Å². The Hall–Kier alpha value is -2.72. The number of hydrogen-bond acceptors (Lipinski definition) is 7. The van der Waals surface area contributed by atoms with Gasteiger partial charge in [-0.05, 0) is 73.7 Å². The number of carbonyl (C=O) groups is 1. The molecule has 4 rings (SSSR count). The summed E-state index contributed by atoms with van der Waals surface area (Å²) < 4.78 is 30.0. The molecule has 3 heterocycles. The molecule has 0 bridgehead atoms. The lowest BCUT2D eigenvalue weighted by atomic mass is 10.00. The number of fused-ring (bicyclic) bond motifs is 1. The first-order valence-corrected chi connectivity index (χ1v) is 13.0. The summed E-state index contributed by atoms with van der Waals surface area (Å²) in [6, 6.07) is 11.4. The second-order valence-corrected chi connectivity index (χ2v) is 10.2. The average Bonchev–Trinajstić information content (AvgIpc) is 3.55. The Morgan fingerprint density at radius 1 is 1.28 bits per heavy atom. The first-order valence-electron chi connectivity index (χ1n) is 12.2.